The van der Waals surface area contributed by atoms with Crippen LogP contribution in [0, 0.1) is 0 Å². The molecule has 0 amide bonds. The summed E-state index contributed by atoms with van der Waals surface area (Å²) in [6.45, 7) is 3.56. The number of nitrogens with zero attached hydrogens (tertiary/aromatic N) is 1. The van der Waals surface area contributed by atoms with Crippen molar-refractivity contribution in [3.05, 3.63) is 35.4 Å². The molecule has 1 aliphatic heterocycles. The van der Waals surface area contributed by atoms with E-state index in [0.29, 0.717) is 44.1 Å². The molecule has 1 saturated heterocycles. The number of benzene rings is 1. The highest BCUT2D eigenvalue weighted by atomic mass is 32.2. The third-order valence-corrected chi connectivity index (χ3v) is 6.94. The summed E-state index contributed by atoms with van der Waals surface area (Å²) < 4.78 is 66.9. The fourth-order valence-corrected chi connectivity index (χ4v) is 4.22. The number of hydrogen-bond acceptors (Lipinski definition) is 4. The first-order valence-corrected chi connectivity index (χ1v) is 10.9. The van der Waals surface area contributed by atoms with Crippen LogP contribution in [-0.2, 0) is 27.3 Å². The molecule has 6 nitrogen and oxygen atoms in total. The van der Waals surface area contributed by atoms with Gasteiger partial charge >= 0.3 is 6.18 Å². The quantitative estimate of drug-likeness (QED) is 0.545. The van der Waals surface area contributed by atoms with E-state index in [1.807, 2.05) is 6.92 Å². The molecule has 0 spiro atoms. The molecule has 10 heteroatoms. The molecule has 1 aromatic rings. The summed E-state index contributed by atoms with van der Waals surface area (Å²) in [5.74, 6) is 0.414. The summed E-state index contributed by atoms with van der Waals surface area (Å²) in [7, 11) is -3.32. The first-order valence-electron chi connectivity index (χ1n) is 9.03. The molecule has 2 N–H and O–H groups in total. The van der Waals surface area contributed by atoms with Crippen molar-refractivity contribution in [3.8, 4) is 0 Å². The first kappa shape index (κ1) is 22.5. The predicted molar refractivity (Wildman–Crippen MR) is 102 cm³/mol. The van der Waals surface area contributed by atoms with E-state index in [9.17, 15) is 21.6 Å². The van der Waals surface area contributed by atoms with Gasteiger partial charge in [0.2, 0.25) is 0 Å². The molecule has 0 atom stereocenters. The van der Waals surface area contributed by atoms with E-state index in [1.54, 1.807) is 0 Å². The molecule has 0 aliphatic carbocycles. The topological polar surface area (TPSA) is 79.8 Å². The van der Waals surface area contributed by atoms with Crippen LogP contribution in [0.25, 0.3) is 0 Å². The van der Waals surface area contributed by atoms with Crippen LogP contribution in [0.5, 0.6) is 0 Å². The van der Waals surface area contributed by atoms with Gasteiger partial charge in [-0.05, 0) is 37.5 Å². The molecule has 1 fully saturated rings. The Bertz CT molecular complexity index is 772. The minimum Gasteiger partial charge on any atom is -0.381 e. The van der Waals surface area contributed by atoms with E-state index in [-0.39, 0.29) is 13.1 Å². The minimum atomic E-state index is -4.37. The SMILES string of the molecule is CCNC(=NCc1ccc(C(F)(F)F)cc1)NCC1(S(C)(=O)=O)CCOCC1. The van der Waals surface area contributed by atoms with Crippen molar-refractivity contribution >= 4 is 15.8 Å². The summed E-state index contributed by atoms with van der Waals surface area (Å²) in [6, 6.07) is 4.80. The average molecular weight is 421 g/mol. The Hall–Kier alpha value is -1.81. The van der Waals surface area contributed by atoms with E-state index >= 15 is 0 Å². The number of rotatable bonds is 6. The van der Waals surface area contributed by atoms with Crippen LogP contribution in [0.4, 0.5) is 13.2 Å². The van der Waals surface area contributed by atoms with Crippen molar-refractivity contribution in [1.29, 1.82) is 0 Å². The van der Waals surface area contributed by atoms with Gasteiger partial charge in [-0.2, -0.15) is 13.2 Å². The third-order valence-electron chi connectivity index (χ3n) is 4.81. The van der Waals surface area contributed by atoms with Gasteiger partial charge in [0.05, 0.1) is 16.9 Å². The maximum Gasteiger partial charge on any atom is 0.416 e. The molecule has 0 radical (unpaired) electrons. The van der Waals surface area contributed by atoms with E-state index < -0.39 is 26.3 Å². The molecule has 1 heterocycles. The highest BCUT2D eigenvalue weighted by Gasteiger charge is 2.42. The molecule has 0 unspecified atom stereocenters. The lowest BCUT2D eigenvalue weighted by Crippen LogP contribution is -2.53. The summed E-state index contributed by atoms with van der Waals surface area (Å²) in [5, 5.41) is 6.10. The molecule has 28 heavy (non-hydrogen) atoms. The molecule has 0 bridgehead atoms. The Morgan fingerprint density at radius 1 is 1.18 bits per heavy atom. The first-order chi connectivity index (χ1) is 13.1. The fraction of sp³-hybridized carbons (Fsp3) is 0.611. The largest absolute Gasteiger partial charge is 0.416 e. The van der Waals surface area contributed by atoms with Gasteiger partial charge in [-0.15, -0.1) is 0 Å². The van der Waals surface area contributed by atoms with Crippen LogP contribution in [0.15, 0.2) is 29.3 Å². The Morgan fingerprint density at radius 3 is 2.29 bits per heavy atom. The van der Waals surface area contributed by atoms with E-state index in [2.05, 4.69) is 15.6 Å². The van der Waals surface area contributed by atoms with Crippen molar-refractivity contribution < 1.29 is 26.3 Å². The highest BCUT2D eigenvalue weighted by molar-refractivity contribution is 7.92. The normalized spacial score (nSPS) is 18.0. The Morgan fingerprint density at radius 2 is 1.79 bits per heavy atom. The van der Waals surface area contributed by atoms with Gasteiger partial charge in [-0.1, -0.05) is 12.1 Å². The number of sulfone groups is 1. The number of ether oxygens (including phenoxy) is 1. The smallest absolute Gasteiger partial charge is 0.381 e. The van der Waals surface area contributed by atoms with Gasteiger partial charge in [0.1, 0.15) is 0 Å². The van der Waals surface area contributed by atoms with Crippen LogP contribution in [-0.4, -0.2) is 51.7 Å². The maximum absolute atomic E-state index is 12.6. The molecule has 1 aliphatic rings. The lowest BCUT2D eigenvalue weighted by atomic mass is 9.99. The Labute approximate surface area is 163 Å². The predicted octanol–water partition coefficient (Wildman–Crippen LogP) is 2.35. The molecule has 158 valence electrons. The lowest BCUT2D eigenvalue weighted by molar-refractivity contribution is -0.137. The monoisotopic (exact) mass is 421 g/mol. The summed E-state index contributed by atoms with van der Waals surface area (Å²) in [6.07, 6.45) is -2.34. The van der Waals surface area contributed by atoms with Crippen molar-refractivity contribution in [2.75, 3.05) is 32.6 Å². The van der Waals surface area contributed by atoms with Crippen molar-refractivity contribution in [2.24, 2.45) is 4.99 Å². The molecule has 0 saturated carbocycles. The van der Waals surface area contributed by atoms with Gasteiger partial charge in [0, 0.05) is 32.6 Å². The summed E-state index contributed by atoms with van der Waals surface area (Å²) in [4.78, 5) is 4.36. The fourth-order valence-electron chi connectivity index (χ4n) is 2.98. The van der Waals surface area contributed by atoms with E-state index in [1.165, 1.54) is 18.4 Å². The zero-order valence-electron chi connectivity index (χ0n) is 16.0. The van der Waals surface area contributed by atoms with Gasteiger partial charge in [0.15, 0.2) is 15.8 Å². The number of aliphatic imine (C=N–C) groups is 1. The molecule has 1 aromatic carbocycles. The van der Waals surface area contributed by atoms with Crippen LogP contribution < -0.4 is 10.6 Å². The average Bonchev–Trinajstić information content (AvgIpc) is 2.63. The van der Waals surface area contributed by atoms with Crippen molar-refractivity contribution in [3.63, 3.8) is 0 Å². The lowest BCUT2D eigenvalue weighted by Gasteiger charge is -2.35. The molecular formula is C18H26F3N3O3S. The molecule has 2 rings (SSSR count). The minimum absolute atomic E-state index is 0.169. The number of nitrogens with one attached hydrogen (secondary N) is 2. The van der Waals surface area contributed by atoms with Gasteiger partial charge in [-0.3, -0.25) is 0 Å². The zero-order valence-corrected chi connectivity index (χ0v) is 16.8. The van der Waals surface area contributed by atoms with Crippen LogP contribution in [0.2, 0.25) is 0 Å². The van der Waals surface area contributed by atoms with E-state index in [0.717, 1.165) is 12.1 Å². The van der Waals surface area contributed by atoms with Gasteiger partial charge < -0.3 is 15.4 Å². The van der Waals surface area contributed by atoms with Crippen molar-refractivity contribution in [1.82, 2.24) is 10.6 Å². The number of alkyl halides is 3. The number of hydrogen-bond donors (Lipinski definition) is 2. The van der Waals surface area contributed by atoms with E-state index in [4.69, 9.17) is 4.74 Å². The van der Waals surface area contributed by atoms with Crippen LogP contribution >= 0.6 is 0 Å². The Kier molecular flexibility index (Phi) is 7.33. The van der Waals surface area contributed by atoms with Gasteiger partial charge in [-0.25, -0.2) is 13.4 Å². The second kappa shape index (κ2) is 9.13. The third kappa shape index (κ3) is 5.84. The zero-order chi connectivity index (χ0) is 20.8. The molecule has 0 aromatic heterocycles. The van der Waals surface area contributed by atoms with Crippen molar-refractivity contribution in [2.45, 2.75) is 37.2 Å². The summed E-state index contributed by atoms with van der Waals surface area (Å²) in [5.41, 5.74) is -0.0889. The Balaban J connectivity index is 2.07. The molecular weight excluding hydrogens is 395 g/mol. The van der Waals surface area contributed by atoms with Crippen LogP contribution in [0.1, 0.15) is 30.9 Å². The van der Waals surface area contributed by atoms with Gasteiger partial charge in [0.25, 0.3) is 0 Å². The second-order valence-electron chi connectivity index (χ2n) is 6.81. The van der Waals surface area contributed by atoms with Crippen LogP contribution in [0.3, 0.4) is 0 Å². The number of guanidine groups is 1. The standard InChI is InChI=1S/C18H26F3N3O3S/c1-3-22-16(23-12-14-4-6-15(7-5-14)18(19,20)21)24-13-17(28(2,25)26)8-10-27-11-9-17/h4-7H,3,8-13H2,1-2H3,(H2,22,23,24). The summed E-state index contributed by atoms with van der Waals surface area (Å²) >= 11 is 0. The highest BCUT2D eigenvalue weighted by Crippen LogP contribution is 2.29. The number of halogens is 3. The maximum atomic E-state index is 12.6. The second-order valence-corrected chi connectivity index (χ2v) is 9.22.